The second-order valence-electron chi connectivity index (χ2n) is 8.37. The van der Waals surface area contributed by atoms with E-state index in [1.54, 1.807) is 0 Å². The molecule has 1 N–H and O–H groups in total. The van der Waals surface area contributed by atoms with E-state index in [0.29, 0.717) is 0 Å². The quantitative estimate of drug-likeness (QED) is 0.675. The Labute approximate surface area is 172 Å². The highest BCUT2D eigenvalue weighted by atomic mass is 16.1. The third kappa shape index (κ3) is 3.42. The Morgan fingerprint density at radius 3 is 2.45 bits per heavy atom. The van der Waals surface area contributed by atoms with Crippen molar-refractivity contribution in [3.05, 3.63) is 101 Å². The van der Waals surface area contributed by atoms with Gasteiger partial charge in [-0.3, -0.25) is 4.79 Å². The number of rotatable bonds is 5. The molecule has 0 aromatic heterocycles. The molecule has 2 aliphatic rings. The molecule has 1 saturated carbocycles. The van der Waals surface area contributed by atoms with Crippen molar-refractivity contribution in [2.24, 2.45) is 0 Å². The molecule has 0 radical (unpaired) electrons. The number of para-hydroxylation sites is 1. The first-order chi connectivity index (χ1) is 14.1. The predicted octanol–water partition coefficient (Wildman–Crippen LogP) is 4.98. The molecular weight excluding hydrogens is 356 g/mol. The maximum Gasteiger partial charge on any atom is 0.254 e. The highest BCUT2D eigenvalue weighted by molar-refractivity contribution is 6.01. The zero-order valence-corrected chi connectivity index (χ0v) is 16.8. The van der Waals surface area contributed by atoms with Crippen molar-refractivity contribution < 1.29 is 4.79 Å². The van der Waals surface area contributed by atoms with Gasteiger partial charge in [-0.15, -0.1) is 0 Å². The van der Waals surface area contributed by atoms with E-state index in [1.165, 1.54) is 22.3 Å². The summed E-state index contributed by atoms with van der Waals surface area (Å²) in [6.07, 6.45) is 3.00. The van der Waals surface area contributed by atoms with Gasteiger partial charge >= 0.3 is 0 Å². The monoisotopic (exact) mass is 382 g/mol. The Bertz CT molecular complexity index is 1040. The SMILES string of the molecule is Cc1ccc(C2(NC(=O)c3cccc4c3N(Cc3ccccc3)CC4)CC2)cc1. The summed E-state index contributed by atoms with van der Waals surface area (Å²) in [5.74, 6) is 0.0416. The van der Waals surface area contributed by atoms with Crippen LogP contribution in [0.2, 0.25) is 0 Å². The van der Waals surface area contributed by atoms with Crippen LogP contribution in [0.5, 0.6) is 0 Å². The molecule has 1 aliphatic heterocycles. The smallest absolute Gasteiger partial charge is 0.254 e. The van der Waals surface area contributed by atoms with Gasteiger partial charge in [0.15, 0.2) is 0 Å². The molecule has 1 fully saturated rings. The minimum absolute atomic E-state index is 0.0416. The van der Waals surface area contributed by atoms with Crippen LogP contribution < -0.4 is 10.2 Å². The maximum atomic E-state index is 13.4. The fraction of sp³-hybridized carbons (Fsp3) is 0.269. The van der Waals surface area contributed by atoms with Gasteiger partial charge in [0.05, 0.1) is 16.8 Å². The molecule has 3 nitrogen and oxygen atoms in total. The second kappa shape index (κ2) is 7.07. The van der Waals surface area contributed by atoms with Crippen molar-refractivity contribution in [3.63, 3.8) is 0 Å². The molecule has 1 heterocycles. The van der Waals surface area contributed by atoms with E-state index in [4.69, 9.17) is 0 Å². The average Bonchev–Trinajstić information content (AvgIpc) is 3.41. The molecule has 3 aromatic rings. The van der Waals surface area contributed by atoms with Crippen LogP contribution >= 0.6 is 0 Å². The number of fused-ring (bicyclic) bond motifs is 1. The Balaban J connectivity index is 1.41. The van der Waals surface area contributed by atoms with Crippen molar-refractivity contribution in [2.75, 3.05) is 11.4 Å². The van der Waals surface area contributed by atoms with Gasteiger partial charge in [0.1, 0.15) is 0 Å². The Morgan fingerprint density at radius 1 is 0.966 bits per heavy atom. The van der Waals surface area contributed by atoms with Gasteiger partial charge in [-0.2, -0.15) is 0 Å². The van der Waals surface area contributed by atoms with E-state index in [1.807, 2.05) is 18.2 Å². The first kappa shape index (κ1) is 18.0. The molecule has 0 unspecified atom stereocenters. The fourth-order valence-electron chi connectivity index (χ4n) is 4.45. The van der Waals surface area contributed by atoms with Crippen LogP contribution in [0.25, 0.3) is 0 Å². The molecule has 146 valence electrons. The van der Waals surface area contributed by atoms with Crippen LogP contribution in [-0.2, 0) is 18.5 Å². The van der Waals surface area contributed by atoms with Crippen LogP contribution in [0.4, 0.5) is 5.69 Å². The lowest BCUT2D eigenvalue weighted by Gasteiger charge is -2.24. The third-order valence-corrected chi connectivity index (χ3v) is 6.25. The van der Waals surface area contributed by atoms with Crippen molar-refractivity contribution in [1.82, 2.24) is 5.32 Å². The number of hydrogen-bond donors (Lipinski definition) is 1. The minimum atomic E-state index is -0.198. The van der Waals surface area contributed by atoms with Crippen LogP contribution in [0, 0.1) is 6.92 Å². The van der Waals surface area contributed by atoms with E-state index < -0.39 is 0 Å². The van der Waals surface area contributed by atoms with Crippen molar-refractivity contribution in [3.8, 4) is 0 Å². The predicted molar refractivity (Wildman–Crippen MR) is 117 cm³/mol. The van der Waals surface area contributed by atoms with E-state index in [2.05, 4.69) is 71.7 Å². The summed E-state index contributed by atoms with van der Waals surface area (Å²) in [5, 5.41) is 3.37. The van der Waals surface area contributed by atoms with Gasteiger partial charge in [0, 0.05) is 13.1 Å². The van der Waals surface area contributed by atoms with Crippen molar-refractivity contribution in [2.45, 2.75) is 38.3 Å². The number of carbonyl (C=O) groups is 1. The Kier molecular flexibility index (Phi) is 4.39. The zero-order chi connectivity index (χ0) is 19.8. The highest BCUT2D eigenvalue weighted by Gasteiger charge is 2.46. The fourth-order valence-corrected chi connectivity index (χ4v) is 4.45. The first-order valence-electron chi connectivity index (χ1n) is 10.5. The standard InChI is InChI=1S/C26H26N2O/c1-19-10-12-22(13-11-19)26(15-16-26)27-25(29)23-9-5-8-21-14-17-28(24(21)23)18-20-6-3-2-4-7-20/h2-13H,14-18H2,1H3,(H,27,29). The lowest BCUT2D eigenvalue weighted by atomic mass is 10.0. The normalized spacial score (nSPS) is 16.4. The number of anilines is 1. The zero-order valence-electron chi connectivity index (χ0n) is 16.8. The van der Waals surface area contributed by atoms with Gasteiger partial charge in [0.25, 0.3) is 5.91 Å². The molecule has 0 bridgehead atoms. The lowest BCUT2D eigenvalue weighted by molar-refractivity contribution is 0.0931. The molecule has 1 aliphatic carbocycles. The van der Waals surface area contributed by atoms with Gasteiger partial charge in [-0.1, -0.05) is 72.3 Å². The van der Waals surface area contributed by atoms with Crippen LogP contribution in [0.15, 0.2) is 72.8 Å². The van der Waals surface area contributed by atoms with Crippen LogP contribution in [0.3, 0.4) is 0 Å². The summed E-state index contributed by atoms with van der Waals surface area (Å²) in [4.78, 5) is 15.7. The van der Waals surface area contributed by atoms with E-state index >= 15 is 0 Å². The van der Waals surface area contributed by atoms with Gasteiger partial charge < -0.3 is 10.2 Å². The number of carbonyl (C=O) groups excluding carboxylic acids is 1. The summed E-state index contributed by atoms with van der Waals surface area (Å²) < 4.78 is 0. The molecule has 3 heteroatoms. The third-order valence-electron chi connectivity index (χ3n) is 6.25. The molecule has 29 heavy (non-hydrogen) atoms. The number of nitrogens with zero attached hydrogens (tertiary/aromatic N) is 1. The number of benzene rings is 3. The summed E-state index contributed by atoms with van der Waals surface area (Å²) in [6.45, 7) is 3.88. The Hall–Kier alpha value is -3.07. The first-order valence-corrected chi connectivity index (χ1v) is 10.5. The number of hydrogen-bond acceptors (Lipinski definition) is 2. The minimum Gasteiger partial charge on any atom is -0.366 e. The Morgan fingerprint density at radius 2 is 1.72 bits per heavy atom. The summed E-state index contributed by atoms with van der Waals surface area (Å²) >= 11 is 0. The van der Waals surface area contributed by atoms with Crippen LogP contribution in [0.1, 0.15) is 45.5 Å². The molecule has 0 spiro atoms. The molecule has 3 aromatic carbocycles. The lowest BCUT2D eigenvalue weighted by Crippen LogP contribution is -2.35. The van der Waals surface area contributed by atoms with Gasteiger partial charge in [-0.05, 0) is 48.9 Å². The van der Waals surface area contributed by atoms with Crippen molar-refractivity contribution in [1.29, 1.82) is 0 Å². The number of aryl methyl sites for hydroxylation is 1. The molecule has 1 amide bonds. The number of nitrogens with one attached hydrogen (secondary N) is 1. The highest BCUT2D eigenvalue weighted by Crippen LogP contribution is 2.46. The van der Waals surface area contributed by atoms with E-state index in [9.17, 15) is 4.79 Å². The van der Waals surface area contributed by atoms with Gasteiger partial charge in [-0.25, -0.2) is 0 Å². The maximum absolute atomic E-state index is 13.4. The summed E-state index contributed by atoms with van der Waals surface area (Å²) in [5.41, 5.74) is 6.71. The van der Waals surface area contributed by atoms with Crippen LogP contribution in [-0.4, -0.2) is 12.5 Å². The molecule has 5 rings (SSSR count). The molecule has 0 atom stereocenters. The van der Waals surface area contributed by atoms with E-state index in [0.717, 1.165) is 43.6 Å². The van der Waals surface area contributed by atoms with Gasteiger partial charge in [0.2, 0.25) is 0 Å². The summed E-state index contributed by atoms with van der Waals surface area (Å²) in [7, 11) is 0. The summed E-state index contributed by atoms with van der Waals surface area (Å²) in [6, 6.07) is 25.2. The van der Waals surface area contributed by atoms with E-state index in [-0.39, 0.29) is 11.4 Å². The average molecular weight is 383 g/mol. The number of amides is 1. The molecular formula is C26H26N2O. The topological polar surface area (TPSA) is 32.3 Å². The van der Waals surface area contributed by atoms with Crippen molar-refractivity contribution >= 4 is 11.6 Å². The second-order valence-corrected chi connectivity index (χ2v) is 8.37. The largest absolute Gasteiger partial charge is 0.366 e. The molecule has 0 saturated heterocycles.